The number of hydrogen-bond donors (Lipinski definition) is 0. The lowest BCUT2D eigenvalue weighted by molar-refractivity contribution is 0.0872. The molecule has 2 aliphatic rings. The first kappa shape index (κ1) is 17.8. The van der Waals surface area contributed by atoms with Gasteiger partial charge in [-0.1, -0.05) is 30.3 Å². The number of Topliss-reactive ketones (excluding diaryl/α,β-unsaturated/α-hetero) is 1. The monoisotopic (exact) mass is 387 g/mol. The molecule has 0 aliphatic carbocycles. The molecular weight excluding hydrogens is 366 g/mol. The third-order valence-corrected chi connectivity index (χ3v) is 5.27. The molecule has 2 aliphatic heterocycles. The fourth-order valence-corrected chi connectivity index (χ4v) is 3.88. The summed E-state index contributed by atoms with van der Waals surface area (Å²) in [5, 5.41) is 0. The molecule has 0 fully saturated rings. The zero-order chi connectivity index (χ0) is 20.0. The number of furan rings is 1. The summed E-state index contributed by atoms with van der Waals surface area (Å²) in [7, 11) is 0. The molecule has 0 saturated heterocycles. The van der Waals surface area contributed by atoms with Crippen LogP contribution in [0.25, 0.3) is 6.08 Å². The maximum Gasteiger partial charge on any atom is 0.232 e. The van der Waals surface area contributed by atoms with Crippen molar-refractivity contribution in [1.82, 2.24) is 4.90 Å². The van der Waals surface area contributed by atoms with E-state index in [2.05, 4.69) is 17.0 Å². The number of aryl methyl sites for hydroxylation is 2. The molecule has 29 heavy (non-hydrogen) atoms. The van der Waals surface area contributed by atoms with Crippen molar-refractivity contribution in [2.24, 2.45) is 0 Å². The van der Waals surface area contributed by atoms with E-state index in [9.17, 15) is 4.79 Å². The zero-order valence-electron chi connectivity index (χ0n) is 16.4. The van der Waals surface area contributed by atoms with Crippen molar-refractivity contribution in [2.45, 2.75) is 26.9 Å². The van der Waals surface area contributed by atoms with E-state index in [-0.39, 0.29) is 11.5 Å². The van der Waals surface area contributed by atoms with Crippen molar-refractivity contribution in [3.63, 3.8) is 0 Å². The number of carbonyl (C=O) groups is 1. The van der Waals surface area contributed by atoms with Gasteiger partial charge in [0.25, 0.3) is 0 Å². The molecule has 5 nitrogen and oxygen atoms in total. The van der Waals surface area contributed by atoms with Crippen LogP contribution in [0.1, 0.15) is 38.6 Å². The number of rotatable bonds is 3. The Morgan fingerprint density at radius 3 is 2.69 bits per heavy atom. The summed E-state index contributed by atoms with van der Waals surface area (Å²) in [4.78, 5) is 15.2. The number of ketones is 1. The van der Waals surface area contributed by atoms with Gasteiger partial charge in [0, 0.05) is 19.2 Å². The van der Waals surface area contributed by atoms with Crippen LogP contribution >= 0.6 is 0 Å². The second kappa shape index (κ2) is 6.94. The van der Waals surface area contributed by atoms with Crippen LogP contribution < -0.4 is 9.47 Å². The van der Waals surface area contributed by atoms with Crippen LogP contribution in [0.2, 0.25) is 0 Å². The predicted octanol–water partition coefficient (Wildman–Crippen LogP) is 4.86. The molecule has 3 aromatic rings. The van der Waals surface area contributed by atoms with Crippen LogP contribution in [-0.4, -0.2) is 17.4 Å². The highest BCUT2D eigenvalue weighted by Crippen LogP contribution is 2.44. The number of carbonyl (C=O) groups excluding carboxylic acids is 1. The van der Waals surface area contributed by atoms with Crippen LogP contribution in [-0.2, 0) is 13.1 Å². The minimum absolute atomic E-state index is 0.116. The molecule has 0 radical (unpaired) electrons. The fraction of sp³-hybridized carbons (Fsp3) is 0.208. The van der Waals surface area contributed by atoms with Gasteiger partial charge in [0.05, 0.1) is 11.1 Å². The fourth-order valence-electron chi connectivity index (χ4n) is 3.88. The first-order valence-electron chi connectivity index (χ1n) is 9.65. The quantitative estimate of drug-likeness (QED) is 0.601. The molecule has 146 valence electrons. The Hall–Kier alpha value is -3.31. The SMILES string of the molecule is Cc1ccc(/C=C2\Oc3c4c(cc(C)c3C2=O)OCN(Cc2ccccc2)C4)o1. The second-order valence-electron chi connectivity index (χ2n) is 7.51. The number of benzene rings is 2. The lowest BCUT2D eigenvalue weighted by atomic mass is 9.98. The average Bonchev–Trinajstić information content (AvgIpc) is 3.27. The van der Waals surface area contributed by atoms with E-state index in [0.717, 1.165) is 29.2 Å². The number of fused-ring (bicyclic) bond motifs is 3. The van der Waals surface area contributed by atoms with Gasteiger partial charge in [-0.05, 0) is 43.2 Å². The van der Waals surface area contributed by atoms with Gasteiger partial charge in [-0.25, -0.2) is 0 Å². The Bertz CT molecular complexity index is 1130. The van der Waals surface area contributed by atoms with Gasteiger partial charge in [-0.2, -0.15) is 0 Å². The van der Waals surface area contributed by atoms with Gasteiger partial charge in [-0.15, -0.1) is 0 Å². The maximum atomic E-state index is 13.0. The largest absolute Gasteiger partial charge is 0.478 e. The summed E-state index contributed by atoms with van der Waals surface area (Å²) in [5.41, 5.74) is 3.61. The summed E-state index contributed by atoms with van der Waals surface area (Å²) in [6.45, 7) is 5.72. The highest BCUT2D eigenvalue weighted by atomic mass is 16.5. The number of allylic oxidation sites excluding steroid dienone is 1. The van der Waals surface area contributed by atoms with Gasteiger partial charge in [0.15, 0.2) is 5.76 Å². The van der Waals surface area contributed by atoms with Crippen molar-refractivity contribution in [2.75, 3.05) is 6.73 Å². The van der Waals surface area contributed by atoms with Crippen LogP contribution in [0.5, 0.6) is 11.5 Å². The molecule has 0 atom stereocenters. The van der Waals surface area contributed by atoms with Gasteiger partial charge < -0.3 is 13.9 Å². The molecule has 0 spiro atoms. The molecular formula is C24H21NO4. The van der Waals surface area contributed by atoms with E-state index in [1.54, 1.807) is 6.08 Å². The Kier molecular flexibility index (Phi) is 4.25. The summed E-state index contributed by atoms with van der Waals surface area (Å²) >= 11 is 0. The summed E-state index contributed by atoms with van der Waals surface area (Å²) in [6, 6.07) is 15.9. The molecule has 0 saturated carbocycles. The first-order valence-corrected chi connectivity index (χ1v) is 9.65. The van der Waals surface area contributed by atoms with Gasteiger partial charge in [0.1, 0.15) is 29.8 Å². The first-order chi connectivity index (χ1) is 14.1. The van der Waals surface area contributed by atoms with Gasteiger partial charge >= 0.3 is 0 Å². The maximum absolute atomic E-state index is 13.0. The Morgan fingerprint density at radius 2 is 1.93 bits per heavy atom. The van der Waals surface area contributed by atoms with Crippen molar-refractivity contribution in [3.8, 4) is 11.5 Å². The van der Waals surface area contributed by atoms with Crippen molar-refractivity contribution in [1.29, 1.82) is 0 Å². The summed E-state index contributed by atoms with van der Waals surface area (Å²) in [6.07, 6.45) is 1.66. The third kappa shape index (κ3) is 3.23. The van der Waals surface area contributed by atoms with Gasteiger partial charge in [0.2, 0.25) is 5.78 Å². The highest BCUT2D eigenvalue weighted by Gasteiger charge is 2.35. The number of ether oxygens (including phenoxy) is 2. The number of nitrogens with zero attached hydrogens (tertiary/aromatic N) is 1. The second-order valence-corrected chi connectivity index (χ2v) is 7.51. The van der Waals surface area contributed by atoms with Crippen molar-refractivity contribution >= 4 is 11.9 Å². The van der Waals surface area contributed by atoms with Crippen LogP contribution in [0.4, 0.5) is 0 Å². The minimum Gasteiger partial charge on any atom is -0.478 e. The molecule has 3 heterocycles. The smallest absolute Gasteiger partial charge is 0.232 e. The lowest BCUT2D eigenvalue weighted by Gasteiger charge is -2.30. The molecule has 0 amide bonds. The lowest BCUT2D eigenvalue weighted by Crippen LogP contribution is -2.31. The molecule has 0 unspecified atom stereocenters. The highest BCUT2D eigenvalue weighted by molar-refractivity contribution is 6.15. The van der Waals surface area contributed by atoms with E-state index in [4.69, 9.17) is 13.9 Å². The minimum atomic E-state index is -0.116. The average molecular weight is 387 g/mol. The van der Waals surface area contributed by atoms with Crippen LogP contribution in [0.3, 0.4) is 0 Å². The van der Waals surface area contributed by atoms with Crippen molar-refractivity contribution < 1.29 is 18.7 Å². The van der Waals surface area contributed by atoms with Gasteiger partial charge in [-0.3, -0.25) is 9.69 Å². The Balaban J connectivity index is 1.47. The zero-order valence-corrected chi connectivity index (χ0v) is 16.4. The molecule has 2 aromatic carbocycles. The Morgan fingerprint density at radius 1 is 1.10 bits per heavy atom. The van der Waals surface area contributed by atoms with Crippen LogP contribution in [0, 0.1) is 13.8 Å². The molecule has 5 heteroatoms. The molecule has 1 aromatic heterocycles. The number of hydrogen-bond acceptors (Lipinski definition) is 5. The van der Waals surface area contributed by atoms with E-state index in [0.29, 0.717) is 30.3 Å². The normalized spacial score (nSPS) is 17.0. The van der Waals surface area contributed by atoms with E-state index in [1.165, 1.54) is 5.56 Å². The summed E-state index contributed by atoms with van der Waals surface area (Å²) < 4.78 is 17.6. The Labute approximate surface area is 169 Å². The molecule has 0 N–H and O–H groups in total. The standard InChI is InChI=1S/C24H21NO4/c1-15-10-20-19(13-25(14-27-20)12-17-6-4-3-5-7-17)24-22(15)23(26)21(29-24)11-18-9-8-16(2)28-18/h3-11H,12-14H2,1-2H3/b21-11-. The summed E-state index contributed by atoms with van der Waals surface area (Å²) in [5.74, 6) is 2.96. The van der Waals surface area contributed by atoms with E-state index in [1.807, 2.05) is 50.2 Å². The predicted molar refractivity (Wildman–Crippen MR) is 109 cm³/mol. The third-order valence-electron chi connectivity index (χ3n) is 5.27. The molecule has 0 bridgehead atoms. The topological polar surface area (TPSA) is 51.9 Å². The van der Waals surface area contributed by atoms with Crippen LogP contribution in [0.15, 0.2) is 58.7 Å². The molecule has 5 rings (SSSR count). The van der Waals surface area contributed by atoms with E-state index < -0.39 is 0 Å². The van der Waals surface area contributed by atoms with E-state index >= 15 is 0 Å². The van der Waals surface area contributed by atoms with Crippen molar-refractivity contribution in [3.05, 3.63) is 88.1 Å².